The Morgan fingerprint density at radius 2 is 1.91 bits per heavy atom. The van der Waals surface area contributed by atoms with E-state index in [4.69, 9.17) is 4.74 Å². The van der Waals surface area contributed by atoms with E-state index < -0.39 is 0 Å². The van der Waals surface area contributed by atoms with Crippen molar-refractivity contribution < 1.29 is 14.3 Å². The fourth-order valence-corrected chi connectivity index (χ4v) is 4.02. The molecule has 5 heteroatoms. The number of carbonyl (C=O) groups excluding carboxylic acids is 2. The second-order valence-corrected chi connectivity index (χ2v) is 6.98. The molecule has 2 aliphatic heterocycles. The van der Waals surface area contributed by atoms with Gasteiger partial charge < -0.3 is 14.5 Å². The highest BCUT2D eigenvalue weighted by atomic mass is 16.5. The second kappa shape index (κ2) is 7.44. The fourth-order valence-electron chi connectivity index (χ4n) is 4.02. The van der Waals surface area contributed by atoms with Gasteiger partial charge in [0.15, 0.2) is 0 Å². The topological polar surface area (TPSA) is 49.9 Å². The Morgan fingerprint density at radius 1 is 1.09 bits per heavy atom. The zero-order valence-corrected chi connectivity index (χ0v) is 13.5. The highest BCUT2D eigenvalue weighted by Gasteiger charge is 2.32. The van der Waals surface area contributed by atoms with E-state index in [-0.39, 0.29) is 18.4 Å². The lowest BCUT2D eigenvalue weighted by Crippen LogP contribution is -2.56. The number of piperazine rings is 1. The quantitative estimate of drug-likeness (QED) is 0.799. The first kappa shape index (κ1) is 15.8. The smallest absolute Gasteiger partial charge is 0.242 e. The molecule has 0 bridgehead atoms. The minimum Gasteiger partial charge on any atom is -0.381 e. The van der Waals surface area contributed by atoms with Crippen molar-refractivity contribution in [2.24, 2.45) is 5.92 Å². The lowest BCUT2D eigenvalue weighted by molar-refractivity contribution is -0.148. The van der Waals surface area contributed by atoms with Gasteiger partial charge in [-0.15, -0.1) is 0 Å². The molecule has 0 aromatic carbocycles. The largest absolute Gasteiger partial charge is 0.381 e. The van der Waals surface area contributed by atoms with Crippen LogP contribution in [0.3, 0.4) is 0 Å². The molecule has 22 heavy (non-hydrogen) atoms. The lowest BCUT2D eigenvalue weighted by atomic mass is 9.93. The van der Waals surface area contributed by atoms with Crippen molar-refractivity contribution in [3.05, 3.63) is 0 Å². The van der Waals surface area contributed by atoms with Crippen LogP contribution in [0.4, 0.5) is 0 Å². The molecule has 0 spiro atoms. The molecule has 0 radical (unpaired) electrons. The molecule has 3 fully saturated rings. The van der Waals surface area contributed by atoms with Crippen molar-refractivity contribution in [2.45, 2.75) is 57.4 Å². The molecular weight excluding hydrogens is 280 g/mol. The van der Waals surface area contributed by atoms with E-state index in [2.05, 4.69) is 0 Å². The van der Waals surface area contributed by atoms with Gasteiger partial charge in [-0.05, 0) is 31.6 Å². The average Bonchev–Trinajstić information content (AvgIpc) is 2.56. The Balaban J connectivity index is 1.48. The normalized spacial score (nSPS) is 28.0. The summed E-state index contributed by atoms with van der Waals surface area (Å²) in [7, 11) is 0. The molecule has 3 aliphatic rings. The molecule has 124 valence electrons. The third-order valence-electron chi connectivity index (χ3n) is 5.34. The van der Waals surface area contributed by atoms with E-state index >= 15 is 0 Å². The van der Waals surface area contributed by atoms with Crippen molar-refractivity contribution in [1.29, 1.82) is 0 Å². The van der Waals surface area contributed by atoms with Crippen LogP contribution in [0.1, 0.15) is 51.4 Å². The number of hydrogen-bond acceptors (Lipinski definition) is 3. The summed E-state index contributed by atoms with van der Waals surface area (Å²) >= 11 is 0. The standard InChI is InChI=1S/C17H28N2O3/c20-16(11-14-5-4-10-22-13-14)18-8-9-19(17(21)12-18)15-6-2-1-3-7-15/h14-15H,1-13H2/t14-/m1/s1. The maximum absolute atomic E-state index is 12.4. The molecule has 0 aromatic rings. The minimum absolute atomic E-state index is 0.132. The summed E-state index contributed by atoms with van der Waals surface area (Å²) < 4.78 is 5.44. The number of rotatable bonds is 3. The van der Waals surface area contributed by atoms with Crippen molar-refractivity contribution in [3.8, 4) is 0 Å². The summed E-state index contributed by atoms with van der Waals surface area (Å²) in [5, 5.41) is 0. The first-order chi connectivity index (χ1) is 10.7. The maximum Gasteiger partial charge on any atom is 0.242 e. The Hall–Kier alpha value is -1.10. The SMILES string of the molecule is O=C(C[C@H]1CCCOC1)N1CCN(C2CCCCC2)C(=O)C1. The van der Waals surface area contributed by atoms with Gasteiger partial charge in [0.1, 0.15) is 0 Å². The van der Waals surface area contributed by atoms with Gasteiger partial charge in [-0.3, -0.25) is 9.59 Å². The number of nitrogens with zero attached hydrogens (tertiary/aromatic N) is 2. The highest BCUT2D eigenvalue weighted by molar-refractivity contribution is 5.86. The van der Waals surface area contributed by atoms with Crippen LogP contribution in [0.15, 0.2) is 0 Å². The van der Waals surface area contributed by atoms with Crippen molar-refractivity contribution in [1.82, 2.24) is 9.80 Å². The first-order valence-electron chi connectivity index (χ1n) is 8.89. The van der Waals surface area contributed by atoms with Crippen LogP contribution < -0.4 is 0 Å². The van der Waals surface area contributed by atoms with Gasteiger partial charge in [0, 0.05) is 38.8 Å². The summed E-state index contributed by atoms with van der Waals surface area (Å²) in [4.78, 5) is 28.6. The summed E-state index contributed by atoms with van der Waals surface area (Å²) in [6, 6.07) is 0.422. The van der Waals surface area contributed by atoms with Crippen LogP contribution in [0, 0.1) is 5.92 Å². The summed E-state index contributed by atoms with van der Waals surface area (Å²) in [5.74, 6) is 0.617. The van der Waals surface area contributed by atoms with E-state index in [9.17, 15) is 9.59 Å². The number of carbonyl (C=O) groups is 2. The van der Waals surface area contributed by atoms with Crippen LogP contribution in [0.5, 0.6) is 0 Å². The van der Waals surface area contributed by atoms with E-state index in [1.165, 1.54) is 19.3 Å². The van der Waals surface area contributed by atoms with E-state index in [1.54, 1.807) is 4.90 Å². The maximum atomic E-state index is 12.4. The number of ether oxygens (including phenoxy) is 1. The summed E-state index contributed by atoms with van der Waals surface area (Å²) in [6.45, 7) is 3.22. The molecule has 2 amide bonds. The van der Waals surface area contributed by atoms with Crippen molar-refractivity contribution in [3.63, 3.8) is 0 Å². The lowest BCUT2D eigenvalue weighted by Gasteiger charge is -2.40. The van der Waals surface area contributed by atoms with Gasteiger partial charge in [-0.25, -0.2) is 0 Å². The van der Waals surface area contributed by atoms with E-state index in [1.807, 2.05) is 4.90 Å². The Kier molecular flexibility index (Phi) is 5.34. The Labute approximate surface area is 133 Å². The Morgan fingerprint density at radius 3 is 2.59 bits per heavy atom. The highest BCUT2D eigenvalue weighted by Crippen LogP contribution is 2.25. The van der Waals surface area contributed by atoms with Gasteiger partial charge in [0.05, 0.1) is 6.54 Å². The average molecular weight is 308 g/mol. The monoisotopic (exact) mass is 308 g/mol. The van der Waals surface area contributed by atoms with Gasteiger partial charge >= 0.3 is 0 Å². The van der Waals surface area contributed by atoms with Crippen LogP contribution in [-0.2, 0) is 14.3 Å². The second-order valence-electron chi connectivity index (χ2n) is 6.98. The van der Waals surface area contributed by atoms with E-state index in [0.717, 1.165) is 38.8 Å². The molecule has 5 nitrogen and oxygen atoms in total. The first-order valence-corrected chi connectivity index (χ1v) is 8.89. The molecule has 3 rings (SSSR count). The summed E-state index contributed by atoms with van der Waals surface area (Å²) in [5.41, 5.74) is 0. The number of amides is 2. The third kappa shape index (κ3) is 3.80. The Bertz CT molecular complexity index is 399. The predicted octanol–water partition coefficient (Wildman–Crippen LogP) is 1.81. The predicted molar refractivity (Wildman–Crippen MR) is 83.3 cm³/mol. The summed E-state index contributed by atoms with van der Waals surface area (Å²) in [6.07, 6.45) is 8.70. The van der Waals surface area contributed by atoms with Crippen LogP contribution in [0.2, 0.25) is 0 Å². The third-order valence-corrected chi connectivity index (χ3v) is 5.34. The fraction of sp³-hybridized carbons (Fsp3) is 0.882. The molecule has 2 saturated heterocycles. The minimum atomic E-state index is 0.132. The molecule has 0 aromatic heterocycles. The van der Waals surface area contributed by atoms with Gasteiger partial charge in [-0.1, -0.05) is 19.3 Å². The zero-order chi connectivity index (χ0) is 15.4. The molecule has 1 atom stereocenters. The van der Waals surface area contributed by atoms with Crippen LogP contribution >= 0.6 is 0 Å². The molecule has 0 unspecified atom stereocenters. The zero-order valence-electron chi connectivity index (χ0n) is 13.5. The van der Waals surface area contributed by atoms with Gasteiger partial charge in [0.2, 0.25) is 11.8 Å². The van der Waals surface area contributed by atoms with E-state index in [0.29, 0.717) is 31.5 Å². The molecule has 1 aliphatic carbocycles. The number of hydrogen-bond donors (Lipinski definition) is 0. The van der Waals surface area contributed by atoms with Crippen LogP contribution in [-0.4, -0.2) is 60.5 Å². The molecule has 1 saturated carbocycles. The van der Waals surface area contributed by atoms with Crippen molar-refractivity contribution in [2.75, 3.05) is 32.8 Å². The molecular formula is C17H28N2O3. The molecule has 2 heterocycles. The van der Waals surface area contributed by atoms with Crippen molar-refractivity contribution >= 4 is 11.8 Å². The molecule has 0 N–H and O–H groups in total. The van der Waals surface area contributed by atoms with Crippen LogP contribution in [0.25, 0.3) is 0 Å². The van der Waals surface area contributed by atoms with Gasteiger partial charge in [-0.2, -0.15) is 0 Å². The van der Waals surface area contributed by atoms with Gasteiger partial charge in [0.25, 0.3) is 0 Å².